The van der Waals surface area contributed by atoms with E-state index in [0.29, 0.717) is 0 Å². The van der Waals surface area contributed by atoms with Crippen molar-refractivity contribution in [2.45, 2.75) is 72.3 Å². The van der Waals surface area contributed by atoms with Gasteiger partial charge in [-0.2, -0.15) is 13.2 Å². The van der Waals surface area contributed by atoms with E-state index in [0.717, 1.165) is 0 Å². The summed E-state index contributed by atoms with van der Waals surface area (Å²) in [6, 6.07) is -2.51. The fraction of sp³-hybridized carbons (Fsp3) is 0.833. The molecule has 10 heteroatoms. The standard InChI is InChI=1S/C18H31F3N2O5/c1-9(2)12(15(25)26)23-14(24)11(18(19,20)21)8-22-13(10(3)4)16(27)28-17(5,6)7/h9-13,22H,8H2,1-7H3,(H,23,24)(H,25,26)/t11-,12+,13+/m1/s1. The van der Waals surface area contributed by atoms with E-state index in [2.05, 4.69) is 5.32 Å². The third kappa shape index (κ3) is 8.90. The Morgan fingerprint density at radius 3 is 1.75 bits per heavy atom. The number of esters is 1. The lowest BCUT2D eigenvalue weighted by Gasteiger charge is -2.29. The number of halogens is 3. The van der Waals surface area contributed by atoms with Crippen molar-refractivity contribution in [3.8, 4) is 0 Å². The summed E-state index contributed by atoms with van der Waals surface area (Å²) in [5.74, 6) is -7.13. The van der Waals surface area contributed by atoms with Crippen LogP contribution in [0, 0.1) is 17.8 Å². The van der Waals surface area contributed by atoms with Gasteiger partial charge in [0.15, 0.2) is 0 Å². The van der Waals surface area contributed by atoms with Crippen LogP contribution in [0.3, 0.4) is 0 Å². The molecule has 0 heterocycles. The first-order valence-corrected chi connectivity index (χ1v) is 9.03. The van der Waals surface area contributed by atoms with Gasteiger partial charge in [0.2, 0.25) is 5.91 Å². The van der Waals surface area contributed by atoms with Crippen LogP contribution >= 0.6 is 0 Å². The maximum atomic E-state index is 13.4. The smallest absolute Gasteiger partial charge is 0.401 e. The SMILES string of the molecule is CC(C)[C@H](NC(=O)[C@@H](CN[C@H](C(=O)OC(C)(C)C)C(C)C)C(F)(F)F)C(=O)O. The highest BCUT2D eigenvalue weighted by atomic mass is 19.4. The van der Waals surface area contributed by atoms with Crippen LogP contribution in [0.15, 0.2) is 0 Å². The number of ether oxygens (including phenoxy) is 1. The van der Waals surface area contributed by atoms with Crippen LogP contribution in [0.2, 0.25) is 0 Å². The van der Waals surface area contributed by atoms with Crippen molar-refractivity contribution in [1.29, 1.82) is 0 Å². The normalized spacial score (nSPS) is 15.9. The first kappa shape index (κ1) is 26.2. The molecule has 164 valence electrons. The van der Waals surface area contributed by atoms with Crippen LogP contribution < -0.4 is 10.6 Å². The molecular formula is C18H31F3N2O5. The van der Waals surface area contributed by atoms with E-state index in [9.17, 15) is 27.6 Å². The summed E-state index contributed by atoms with van der Waals surface area (Å²) >= 11 is 0. The Morgan fingerprint density at radius 1 is 0.964 bits per heavy atom. The molecule has 0 unspecified atom stereocenters. The minimum atomic E-state index is -4.92. The molecule has 1 amide bonds. The number of aliphatic carboxylic acids is 1. The number of alkyl halides is 3. The number of carboxylic acid groups (broad SMARTS) is 1. The predicted molar refractivity (Wildman–Crippen MR) is 96.4 cm³/mol. The van der Waals surface area contributed by atoms with Crippen LogP contribution in [0.5, 0.6) is 0 Å². The molecule has 0 aromatic rings. The average Bonchev–Trinajstić information content (AvgIpc) is 2.44. The van der Waals surface area contributed by atoms with Gasteiger partial charge < -0.3 is 20.5 Å². The Hall–Kier alpha value is -1.84. The molecule has 0 rings (SSSR count). The number of hydrogen-bond acceptors (Lipinski definition) is 5. The third-order valence-electron chi connectivity index (χ3n) is 3.81. The molecule has 0 spiro atoms. The predicted octanol–water partition coefficient (Wildman–Crippen LogP) is 2.35. The second kappa shape index (κ2) is 10.1. The lowest BCUT2D eigenvalue weighted by molar-refractivity contribution is -0.184. The fourth-order valence-electron chi connectivity index (χ4n) is 2.33. The van der Waals surface area contributed by atoms with Crippen LogP contribution in [0.1, 0.15) is 48.5 Å². The van der Waals surface area contributed by atoms with Crippen LogP contribution in [-0.2, 0) is 19.1 Å². The number of hydrogen-bond donors (Lipinski definition) is 3. The first-order valence-electron chi connectivity index (χ1n) is 9.03. The van der Waals surface area contributed by atoms with Crippen molar-refractivity contribution in [1.82, 2.24) is 10.6 Å². The van der Waals surface area contributed by atoms with Gasteiger partial charge in [0.25, 0.3) is 0 Å². The van der Waals surface area contributed by atoms with E-state index in [1.807, 2.05) is 5.32 Å². The lowest BCUT2D eigenvalue weighted by Crippen LogP contribution is -2.54. The van der Waals surface area contributed by atoms with Crippen molar-refractivity contribution in [2.75, 3.05) is 6.54 Å². The van der Waals surface area contributed by atoms with Gasteiger partial charge in [-0.25, -0.2) is 4.79 Å². The zero-order chi connectivity index (χ0) is 22.4. The van der Waals surface area contributed by atoms with Gasteiger partial charge in [0, 0.05) is 6.54 Å². The quantitative estimate of drug-likeness (QED) is 0.502. The highest BCUT2D eigenvalue weighted by Gasteiger charge is 2.46. The summed E-state index contributed by atoms with van der Waals surface area (Å²) in [7, 11) is 0. The zero-order valence-electron chi connectivity index (χ0n) is 17.3. The summed E-state index contributed by atoms with van der Waals surface area (Å²) in [6.07, 6.45) is -4.92. The topological polar surface area (TPSA) is 105 Å². The average molecular weight is 412 g/mol. The molecule has 3 atom stereocenters. The molecule has 0 radical (unpaired) electrons. The van der Waals surface area contributed by atoms with Crippen molar-refractivity contribution in [2.24, 2.45) is 17.8 Å². The molecule has 0 aromatic heterocycles. The maximum Gasteiger partial charge on any atom is 0.401 e. The van der Waals surface area contributed by atoms with E-state index in [4.69, 9.17) is 9.84 Å². The Morgan fingerprint density at radius 2 is 1.43 bits per heavy atom. The Kier molecular flexibility index (Phi) is 9.42. The van der Waals surface area contributed by atoms with Crippen molar-refractivity contribution < 1.29 is 37.4 Å². The first-order chi connectivity index (χ1) is 12.5. The van der Waals surface area contributed by atoms with Crippen LogP contribution in [-0.4, -0.2) is 53.4 Å². The minimum Gasteiger partial charge on any atom is -0.480 e. The molecule has 0 aromatic carbocycles. The second-order valence-electron chi connectivity index (χ2n) is 8.33. The Bertz CT molecular complexity index is 556. The Balaban J connectivity index is 5.35. The summed E-state index contributed by atoms with van der Waals surface area (Å²) < 4.78 is 45.4. The van der Waals surface area contributed by atoms with Gasteiger partial charge in [-0.15, -0.1) is 0 Å². The molecule has 0 aliphatic heterocycles. The van der Waals surface area contributed by atoms with Crippen molar-refractivity contribution in [3.63, 3.8) is 0 Å². The van der Waals surface area contributed by atoms with Gasteiger partial charge in [-0.3, -0.25) is 9.59 Å². The molecule has 0 aliphatic carbocycles. The second-order valence-corrected chi connectivity index (χ2v) is 8.33. The molecule has 28 heavy (non-hydrogen) atoms. The van der Waals surface area contributed by atoms with Gasteiger partial charge in [-0.05, 0) is 32.6 Å². The largest absolute Gasteiger partial charge is 0.480 e. The van der Waals surface area contributed by atoms with E-state index in [1.165, 1.54) is 13.8 Å². The number of amides is 1. The minimum absolute atomic E-state index is 0.394. The molecule has 0 aliphatic rings. The van der Waals surface area contributed by atoms with Gasteiger partial charge in [0.1, 0.15) is 23.6 Å². The number of carbonyl (C=O) groups excluding carboxylic acids is 2. The molecule has 0 saturated heterocycles. The van der Waals surface area contributed by atoms with E-state index < -0.39 is 66.0 Å². The lowest BCUT2D eigenvalue weighted by atomic mass is 10.00. The molecule has 0 bridgehead atoms. The van der Waals surface area contributed by atoms with E-state index in [-0.39, 0.29) is 0 Å². The highest BCUT2D eigenvalue weighted by Crippen LogP contribution is 2.27. The molecule has 0 saturated carbocycles. The molecule has 0 fully saturated rings. The van der Waals surface area contributed by atoms with Gasteiger partial charge in [0.05, 0.1) is 0 Å². The molecule has 7 nitrogen and oxygen atoms in total. The number of rotatable bonds is 9. The van der Waals surface area contributed by atoms with Gasteiger partial charge >= 0.3 is 18.1 Å². The monoisotopic (exact) mass is 412 g/mol. The number of carboxylic acids is 1. The fourth-order valence-corrected chi connectivity index (χ4v) is 2.33. The van der Waals surface area contributed by atoms with Crippen LogP contribution in [0.25, 0.3) is 0 Å². The van der Waals surface area contributed by atoms with Crippen molar-refractivity contribution in [3.05, 3.63) is 0 Å². The van der Waals surface area contributed by atoms with E-state index >= 15 is 0 Å². The third-order valence-corrected chi connectivity index (χ3v) is 3.81. The summed E-state index contributed by atoms with van der Waals surface area (Å²) in [5, 5.41) is 13.5. The summed E-state index contributed by atoms with van der Waals surface area (Å²) in [4.78, 5) is 35.5. The van der Waals surface area contributed by atoms with E-state index in [1.54, 1.807) is 34.6 Å². The van der Waals surface area contributed by atoms with Crippen molar-refractivity contribution >= 4 is 17.8 Å². The summed E-state index contributed by atoms with van der Waals surface area (Å²) in [5.41, 5.74) is -0.821. The number of carbonyl (C=O) groups is 3. The van der Waals surface area contributed by atoms with Gasteiger partial charge in [-0.1, -0.05) is 27.7 Å². The Labute approximate surface area is 163 Å². The zero-order valence-corrected chi connectivity index (χ0v) is 17.3. The molecule has 3 N–H and O–H groups in total. The molecular weight excluding hydrogens is 381 g/mol. The highest BCUT2D eigenvalue weighted by molar-refractivity contribution is 5.86. The maximum absolute atomic E-state index is 13.4. The summed E-state index contributed by atoms with van der Waals surface area (Å²) in [6.45, 7) is 10.2. The van der Waals surface area contributed by atoms with Crippen LogP contribution in [0.4, 0.5) is 13.2 Å². The number of nitrogens with one attached hydrogen (secondary N) is 2.